The van der Waals surface area contributed by atoms with Crippen LogP contribution in [0.2, 0.25) is 0 Å². The van der Waals surface area contributed by atoms with Gasteiger partial charge in [-0.05, 0) is 31.9 Å². The number of hydrogen-bond donors (Lipinski definition) is 0. The lowest BCUT2D eigenvalue weighted by Gasteiger charge is -2.34. The number of rotatable bonds is 5. The second-order valence-corrected chi connectivity index (χ2v) is 10.3. The first-order valence-corrected chi connectivity index (χ1v) is 12.0. The predicted molar refractivity (Wildman–Crippen MR) is 106 cm³/mol. The number of hydrogen-bond acceptors (Lipinski definition) is 6. The molecule has 2 aliphatic heterocycles. The van der Waals surface area contributed by atoms with Gasteiger partial charge in [-0.2, -0.15) is 4.31 Å². The second kappa shape index (κ2) is 9.23. The largest absolute Gasteiger partial charge is 0.450 e. The number of ether oxygens (including phenoxy) is 1. The fourth-order valence-electron chi connectivity index (χ4n) is 3.44. The third-order valence-corrected chi connectivity index (χ3v) is 8.48. The molecule has 10 heteroatoms. The van der Waals surface area contributed by atoms with Gasteiger partial charge in [0.05, 0.1) is 13.0 Å². The second-order valence-electron chi connectivity index (χ2n) is 6.93. The average Bonchev–Trinajstić information content (AvgIpc) is 3.18. The van der Waals surface area contributed by atoms with Crippen LogP contribution in [0.1, 0.15) is 31.1 Å². The fraction of sp³-hybridized carbons (Fsp3) is 0.667. The first-order valence-electron chi connectivity index (χ1n) is 9.70. The number of piperazine rings is 1. The molecule has 3 rings (SSSR count). The van der Waals surface area contributed by atoms with Crippen molar-refractivity contribution in [2.75, 3.05) is 45.9 Å². The van der Waals surface area contributed by atoms with Gasteiger partial charge in [-0.25, -0.2) is 13.2 Å². The van der Waals surface area contributed by atoms with E-state index in [1.54, 1.807) is 33.2 Å². The van der Waals surface area contributed by atoms with Gasteiger partial charge in [0, 0.05) is 44.1 Å². The van der Waals surface area contributed by atoms with E-state index in [1.165, 1.54) is 11.3 Å². The summed E-state index contributed by atoms with van der Waals surface area (Å²) in [5, 5.41) is 0. The molecule has 0 aliphatic carbocycles. The Morgan fingerprint density at radius 3 is 2.29 bits per heavy atom. The third kappa shape index (κ3) is 4.84. The Kier molecular flexibility index (Phi) is 6.95. The van der Waals surface area contributed by atoms with Crippen LogP contribution in [0.25, 0.3) is 0 Å². The van der Waals surface area contributed by atoms with Crippen LogP contribution in [-0.2, 0) is 26.0 Å². The van der Waals surface area contributed by atoms with Gasteiger partial charge in [0.15, 0.2) is 0 Å². The quantitative estimate of drug-likeness (QED) is 0.712. The number of piperidine rings is 1. The summed E-state index contributed by atoms with van der Waals surface area (Å²) < 4.78 is 32.3. The predicted octanol–water partition coefficient (Wildman–Crippen LogP) is 1.77. The maximum absolute atomic E-state index is 12.7. The molecule has 8 nitrogen and oxygen atoms in total. The molecule has 2 saturated heterocycles. The summed E-state index contributed by atoms with van der Waals surface area (Å²) >= 11 is 1.18. The van der Waals surface area contributed by atoms with Crippen LogP contribution < -0.4 is 0 Å². The van der Waals surface area contributed by atoms with Crippen molar-refractivity contribution < 1.29 is 22.7 Å². The zero-order valence-electron chi connectivity index (χ0n) is 16.1. The van der Waals surface area contributed by atoms with Gasteiger partial charge < -0.3 is 14.5 Å². The maximum atomic E-state index is 12.7. The average molecular weight is 430 g/mol. The number of nitrogens with zero attached hydrogens (tertiary/aromatic N) is 3. The summed E-state index contributed by atoms with van der Waals surface area (Å²) in [5.74, 6) is -0.0488. The Balaban J connectivity index is 1.55. The molecule has 0 spiro atoms. The van der Waals surface area contributed by atoms with Crippen molar-refractivity contribution in [1.82, 2.24) is 14.1 Å². The SMILES string of the molecule is CCOC(=O)N1CCN(C(=O)Cc2ccc(S(=O)(=O)N3CCCCC3)s2)CC1. The molecule has 0 N–H and O–H groups in total. The Morgan fingerprint density at radius 2 is 1.64 bits per heavy atom. The molecule has 0 atom stereocenters. The highest BCUT2D eigenvalue weighted by molar-refractivity contribution is 7.91. The van der Waals surface area contributed by atoms with Gasteiger partial charge in [-0.15, -0.1) is 11.3 Å². The summed E-state index contributed by atoms with van der Waals surface area (Å²) in [7, 11) is -3.46. The van der Waals surface area contributed by atoms with E-state index in [1.807, 2.05) is 0 Å². The summed E-state index contributed by atoms with van der Waals surface area (Å²) in [5.41, 5.74) is 0. The maximum Gasteiger partial charge on any atom is 0.409 e. The van der Waals surface area contributed by atoms with Crippen molar-refractivity contribution in [1.29, 1.82) is 0 Å². The van der Waals surface area contributed by atoms with Crippen molar-refractivity contribution in [3.8, 4) is 0 Å². The summed E-state index contributed by atoms with van der Waals surface area (Å²) in [6.07, 6.45) is 2.70. The molecule has 3 heterocycles. The first kappa shape index (κ1) is 21.1. The molecule has 2 fully saturated rings. The molecule has 0 aromatic carbocycles. The zero-order valence-corrected chi connectivity index (χ0v) is 17.8. The Bertz CT molecular complexity index is 794. The van der Waals surface area contributed by atoms with E-state index in [2.05, 4.69) is 0 Å². The van der Waals surface area contributed by atoms with Gasteiger partial charge >= 0.3 is 6.09 Å². The van der Waals surface area contributed by atoms with Gasteiger partial charge in [0.1, 0.15) is 4.21 Å². The third-order valence-electron chi connectivity index (χ3n) is 5.03. The highest BCUT2D eigenvalue weighted by atomic mass is 32.2. The Morgan fingerprint density at radius 1 is 1.00 bits per heavy atom. The molecule has 1 aromatic heterocycles. The highest BCUT2D eigenvalue weighted by Gasteiger charge is 2.29. The normalized spacial score (nSPS) is 18.9. The molecule has 156 valence electrons. The van der Waals surface area contributed by atoms with E-state index in [4.69, 9.17) is 4.74 Å². The highest BCUT2D eigenvalue weighted by Crippen LogP contribution is 2.27. The number of sulfonamides is 1. The number of amides is 2. The van der Waals surface area contributed by atoms with E-state index >= 15 is 0 Å². The van der Waals surface area contributed by atoms with Gasteiger partial charge in [-0.3, -0.25) is 4.79 Å². The topological polar surface area (TPSA) is 87.2 Å². The van der Waals surface area contributed by atoms with Crippen LogP contribution in [0.5, 0.6) is 0 Å². The van der Waals surface area contributed by atoms with E-state index in [-0.39, 0.29) is 18.4 Å². The zero-order chi connectivity index (χ0) is 20.1. The summed E-state index contributed by atoms with van der Waals surface area (Å²) in [6.45, 7) is 5.05. The van der Waals surface area contributed by atoms with Crippen LogP contribution in [-0.4, -0.2) is 80.4 Å². The van der Waals surface area contributed by atoms with Crippen molar-refractivity contribution in [2.24, 2.45) is 0 Å². The van der Waals surface area contributed by atoms with Crippen molar-refractivity contribution in [3.63, 3.8) is 0 Å². The molecule has 0 saturated carbocycles. The molecule has 0 radical (unpaired) electrons. The molecule has 2 aliphatic rings. The van der Waals surface area contributed by atoms with Crippen LogP contribution in [0, 0.1) is 0 Å². The summed E-state index contributed by atoms with van der Waals surface area (Å²) in [6, 6.07) is 3.34. The van der Waals surface area contributed by atoms with E-state index in [0.29, 0.717) is 50.1 Å². The lowest BCUT2D eigenvalue weighted by molar-refractivity contribution is -0.132. The van der Waals surface area contributed by atoms with Crippen LogP contribution in [0.4, 0.5) is 4.79 Å². The minimum atomic E-state index is -3.46. The Hall–Kier alpha value is -1.65. The van der Waals surface area contributed by atoms with Crippen LogP contribution >= 0.6 is 11.3 Å². The van der Waals surface area contributed by atoms with Gasteiger partial charge in [-0.1, -0.05) is 6.42 Å². The molecule has 28 heavy (non-hydrogen) atoms. The summed E-state index contributed by atoms with van der Waals surface area (Å²) in [4.78, 5) is 28.4. The molecule has 2 amide bonds. The smallest absolute Gasteiger partial charge is 0.409 e. The minimum Gasteiger partial charge on any atom is -0.450 e. The molecular weight excluding hydrogens is 402 g/mol. The lowest BCUT2D eigenvalue weighted by Crippen LogP contribution is -2.51. The number of carbonyl (C=O) groups is 2. The lowest BCUT2D eigenvalue weighted by atomic mass is 10.2. The Labute approximate surface area is 170 Å². The number of thiophene rings is 1. The van der Waals surface area contributed by atoms with Crippen molar-refractivity contribution in [3.05, 3.63) is 17.0 Å². The fourth-order valence-corrected chi connectivity index (χ4v) is 6.46. The number of carbonyl (C=O) groups excluding carboxylic acids is 2. The molecule has 0 unspecified atom stereocenters. The molecular formula is C18H27N3O5S2. The van der Waals surface area contributed by atoms with E-state index in [0.717, 1.165) is 24.1 Å². The van der Waals surface area contributed by atoms with Gasteiger partial charge in [0.2, 0.25) is 5.91 Å². The van der Waals surface area contributed by atoms with Crippen LogP contribution in [0.3, 0.4) is 0 Å². The first-order chi connectivity index (χ1) is 13.4. The van der Waals surface area contributed by atoms with Crippen molar-refractivity contribution >= 4 is 33.4 Å². The van der Waals surface area contributed by atoms with E-state index < -0.39 is 10.0 Å². The minimum absolute atomic E-state index is 0.0488. The van der Waals surface area contributed by atoms with Crippen molar-refractivity contribution in [2.45, 2.75) is 36.8 Å². The van der Waals surface area contributed by atoms with Gasteiger partial charge in [0.25, 0.3) is 10.0 Å². The standard InChI is InChI=1S/C18H27N3O5S2/c1-2-26-18(23)20-12-10-19(11-13-20)16(22)14-15-6-7-17(27-15)28(24,25)21-8-4-3-5-9-21/h6-7H,2-5,8-14H2,1H3. The van der Waals surface area contributed by atoms with Crippen LogP contribution in [0.15, 0.2) is 16.3 Å². The van der Waals surface area contributed by atoms with E-state index in [9.17, 15) is 18.0 Å². The molecule has 0 bridgehead atoms. The molecule has 1 aromatic rings. The monoisotopic (exact) mass is 429 g/mol.